The summed E-state index contributed by atoms with van der Waals surface area (Å²) in [6.45, 7) is 1.87. The Bertz CT molecular complexity index is 1460. The van der Waals surface area contributed by atoms with Gasteiger partial charge in [0.15, 0.2) is 0 Å². The Labute approximate surface area is 199 Å². The number of para-hydroxylation sites is 1. The molecule has 6 rings (SSSR count). The van der Waals surface area contributed by atoms with Gasteiger partial charge in [-0.15, -0.1) is 0 Å². The van der Waals surface area contributed by atoms with Crippen LogP contribution in [0.2, 0.25) is 0 Å². The summed E-state index contributed by atoms with van der Waals surface area (Å²) in [7, 11) is 2.08. The second-order valence-corrected chi connectivity index (χ2v) is 9.45. The molecule has 3 nitrogen and oxygen atoms in total. The number of fused-ring (bicyclic) bond motifs is 1. The summed E-state index contributed by atoms with van der Waals surface area (Å²) < 4.78 is 17.6. The molecule has 170 valence electrons. The van der Waals surface area contributed by atoms with E-state index in [1.807, 2.05) is 43.3 Å². The van der Waals surface area contributed by atoms with Crippen LogP contribution in [-0.4, -0.2) is 10.5 Å². The van der Waals surface area contributed by atoms with E-state index in [4.69, 9.17) is 0 Å². The van der Waals surface area contributed by atoms with Gasteiger partial charge in [0.25, 0.3) is 5.91 Å². The van der Waals surface area contributed by atoms with Crippen LogP contribution in [0.3, 0.4) is 0 Å². The van der Waals surface area contributed by atoms with Gasteiger partial charge in [-0.05, 0) is 67.5 Å². The van der Waals surface area contributed by atoms with Crippen molar-refractivity contribution in [1.82, 2.24) is 4.57 Å². The molecule has 2 aliphatic rings. The average Bonchev–Trinajstić information content (AvgIpc) is 3.31. The number of carbonyl (C=O) groups is 1. The molecule has 0 bridgehead atoms. The van der Waals surface area contributed by atoms with Gasteiger partial charge in [0.2, 0.25) is 0 Å². The minimum Gasteiger partial charge on any atom is -0.343 e. The molecule has 1 aromatic heterocycles. The van der Waals surface area contributed by atoms with Crippen LogP contribution in [0.4, 0.5) is 10.1 Å². The van der Waals surface area contributed by atoms with Gasteiger partial charge in [0.1, 0.15) is 5.82 Å². The number of halogens is 1. The first-order chi connectivity index (χ1) is 16.6. The third kappa shape index (κ3) is 3.05. The quantitative estimate of drug-likeness (QED) is 0.323. The number of amides is 1. The molecule has 3 aromatic carbocycles. The van der Waals surface area contributed by atoms with Gasteiger partial charge < -0.3 is 4.57 Å². The van der Waals surface area contributed by atoms with Crippen molar-refractivity contribution in [1.29, 1.82) is 0 Å². The van der Waals surface area contributed by atoms with Gasteiger partial charge in [-0.25, -0.2) is 4.39 Å². The highest BCUT2D eigenvalue weighted by Gasteiger charge is 2.44. The number of rotatable bonds is 3. The average molecular weight is 451 g/mol. The van der Waals surface area contributed by atoms with Crippen LogP contribution in [0, 0.1) is 12.7 Å². The molecule has 0 saturated heterocycles. The topological polar surface area (TPSA) is 25.2 Å². The van der Waals surface area contributed by atoms with Crippen molar-refractivity contribution in [2.45, 2.75) is 38.6 Å². The van der Waals surface area contributed by atoms with E-state index >= 15 is 4.39 Å². The lowest BCUT2D eigenvalue weighted by Gasteiger charge is -2.29. The van der Waals surface area contributed by atoms with Gasteiger partial charge in [-0.3, -0.25) is 9.69 Å². The van der Waals surface area contributed by atoms with Crippen molar-refractivity contribution in [3.8, 4) is 11.3 Å². The predicted octanol–water partition coefficient (Wildman–Crippen LogP) is 7.25. The molecular formula is C30H27FN2O. The van der Waals surface area contributed by atoms with Crippen LogP contribution >= 0.6 is 0 Å². The molecule has 1 unspecified atom stereocenters. The molecule has 1 aliphatic carbocycles. The highest BCUT2D eigenvalue weighted by Crippen LogP contribution is 2.51. The van der Waals surface area contributed by atoms with E-state index in [0.717, 1.165) is 70.1 Å². The van der Waals surface area contributed by atoms with Gasteiger partial charge in [-0.1, -0.05) is 54.6 Å². The first-order valence-electron chi connectivity index (χ1n) is 12.0. The molecule has 0 fully saturated rings. The van der Waals surface area contributed by atoms with E-state index in [9.17, 15) is 4.79 Å². The third-order valence-electron chi connectivity index (χ3n) is 7.41. The van der Waals surface area contributed by atoms with Crippen LogP contribution in [0.1, 0.15) is 42.9 Å². The summed E-state index contributed by atoms with van der Waals surface area (Å²) in [6, 6.07) is 23.5. The highest BCUT2D eigenvalue weighted by atomic mass is 19.1. The number of benzene rings is 3. The summed E-state index contributed by atoms with van der Waals surface area (Å²) in [5.41, 5.74) is 7.61. The second-order valence-electron chi connectivity index (χ2n) is 9.45. The summed E-state index contributed by atoms with van der Waals surface area (Å²) in [6.07, 6.45) is 3.69. The first-order valence-corrected chi connectivity index (χ1v) is 12.0. The minimum absolute atomic E-state index is 0.0469. The molecule has 2 heterocycles. The van der Waals surface area contributed by atoms with Gasteiger partial charge in [0.05, 0.1) is 17.4 Å². The number of aryl methyl sites for hydroxylation is 2. The molecule has 34 heavy (non-hydrogen) atoms. The molecule has 0 saturated carbocycles. The maximum Gasteiger partial charge on any atom is 0.255 e. The monoisotopic (exact) mass is 450 g/mol. The fourth-order valence-corrected chi connectivity index (χ4v) is 5.90. The number of anilines is 1. The molecule has 4 heteroatoms. The summed E-state index contributed by atoms with van der Waals surface area (Å²) >= 11 is 0. The van der Waals surface area contributed by atoms with Crippen molar-refractivity contribution < 1.29 is 9.18 Å². The third-order valence-corrected chi connectivity index (χ3v) is 7.41. The summed E-state index contributed by atoms with van der Waals surface area (Å²) in [5.74, 6) is -0.394. The number of nitrogens with zero attached hydrogens (tertiary/aromatic N) is 2. The predicted molar refractivity (Wildman–Crippen MR) is 135 cm³/mol. The Kier molecular flexibility index (Phi) is 4.91. The lowest BCUT2D eigenvalue weighted by Crippen LogP contribution is -2.31. The van der Waals surface area contributed by atoms with Crippen LogP contribution in [-0.2, 0) is 11.8 Å². The molecular weight excluding hydrogens is 423 g/mol. The Balaban J connectivity index is 1.68. The van der Waals surface area contributed by atoms with E-state index in [1.54, 1.807) is 11.0 Å². The maximum absolute atomic E-state index is 15.4. The zero-order chi connectivity index (χ0) is 23.4. The van der Waals surface area contributed by atoms with E-state index < -0.39 is 0 Å². The summed E-state index contributed by atoms with van der Waals surface area (Å²) in [5, 5.41) is 1.11. The van der Waals surface area contributed by atoms with E-state index in [2.05, 4.69) is 35.9 Å². The molecule has 1 atom stereocenters. The zero-order valence-corrected chi connectivity index (χ0v) is 19.5. The fraction of sp³-hybridized carbons (Fsp3) is 0.233. The van der Waals surface area contributed by atoms with E-state index in [-0.39, 0.29) is 17.8 Å². The summed E-state index contributed by atoms with van der Waals surface area (Å²) in [4.78, 5) is 15.6. The van der Waals surface area contributed by atoms with Crippen LogP contribution in [0.25, 0.3) is 22.2 Å². The lowest BCUT2D eigenvalue weighted by atomic mass is 9.86. The maximum atomic E-state index is 15.4. The molecule has 1 amide bonds. The molecule has 1 aliphatic heterocycles. The van der Waals surface area contributed by atoms with Crippen molar-refractivity contribution in [3.63, 3.8) is 0 Å². The second kappa shape index (κ2) is 7.98. The van der Waals surface area contributed by atoms with E-state index in [1.165, 1.54) is 6.07 Å². The van der Waals surface area contributed by atoms with Crippen LogP contribution in [0.15, 0.2) is 83.9 Å². The number of hydrogen-bond acceptors (Lipinski definition) is 1. The Hall–Kier alpha value is -3.66. The van der Waals surface area contributed by atoms with Crippen molar-refractivity contribution in [2.75, 3.05) is 4.90 Å². The normalized spacial score (nSPS) is 18.1. The highest BCUT2D eigenvalue weighted by molar-refractivity contribution is 6.12. The molecule has 4 aromatic rings. The van der Waals surface area contributed by atoms with Gasteiger partial charge in [-0.2, -0.15) is 0 Å². The number of hydrogen-bond donors (Lipinski definition) is 0. The fourth-order valence-electron chi connectivity index (χ4n) is 5.90. The zero-order valence-electron chi connectivity index (χ0n) is 19.5. The Morgan fingerprint density at radius 2 is 1.65 bits per heavy atom. The largest absolute Gasteiger partial charge is 0.343 e. The van der Waals surface area contributed by atoms with Crippen molar-refractivity contribution in [3.05, 3.63) is 101 Å². The standard InChI is InChI=1S/C30H27FN2O/c1-19-16-17-26(24(31)18-19)33-29(21-12-6-7-13-22(21)30(33)34)27-23-14-8-9-15-25(23)32(2)28(27)20-10-4-3-5-11-20/h3-5,8-11,14-18,29H,6-7,12-13H2,1-2H3. The minimum atomic E-state index is -0.348. The number of aromatic nitrogens is 1. The lowest BCUT2D eigenvalue weighted by molar-refractivity contribution is -0.115. The molecule has 0 N–H and O–H groups in total. The van der Waals surface area contributed by atoms with Crippen LogP contribution in [0.5, 0.6) is 0 Å². The Morgan fingerprint density at radius 1 is 0.912 bits per heavy atom. The van der Waals surface area contributed by atoms with Crippen molar-refractivity contribution >= 4 is 22.5 Å². The van der Waals surface area contributed by atoms with Gasteiger partial charge >= 0.3 is 0 Å². The molecule has 0 radical (unpaired) electrons. The SMILES string of the molecule is Cc1ccc(N2C(=O)C3=C(CCCC3)C2c2c(-c3ccccc3)n(C)c3ccccc23)c(F)c1. The van der Waals surface area contributed by atoms with Crippen LogP contribution < -0.4 is 4.90 Å². The molecule has 0 spiro atoms. The smallest absolute Gasteiger partial charge is 0.255 e. The number of carbonyl (C=O) groups excluding carboxylic acids is 1. The van der Waals surface area contributed by atoms with Gasteiger partial charge in [0, 0.05) is 29.1 Å². The first kappa shape index (κ1) is 20.9. The Morgan fingerprint density at radius 3 is 2.44 bits per heavy atom. The van der Waals surface area contributed by atoms with E-state index in [0.29, 0.717) is 5.69 Å². The van der Waals surface area contributed by atoms with Crippen molar-refractivity contribution in [2.24, 2.45) is 7.05 Å².